The lowest BCUT2D eigenvalue weighted by molar-refractivity contribution is 0.206. The van der Waals surface area contributed by atoms with E-state index in [-0.39, 0.29) is 0 Å². The van der Waals surface area contributed by atoms with E-state index in [0.29, 0.717) is 12.1 Å². The van der Waals surface area contributed by atoms with Gasteiger partial charge in [-0.2, -0.15) is 0 Å². The maximum Gasteiger partial charge on any atom is 0.00386 e. The summed E-state index contributed by atoms with van der Waals surface area (Å²) in [5, 5.41) is 3.48. The predicted molar refractivity (Wildman–Crippen MR) is 77.6 cm³/mol. The molecule has 0 aliphatic heterocycles. The summed E-state index contributed by atoms with van der Waals surface area (Å²) in [5.74, 6) is 0. The Hall–Kier alpha value is -0.120. The van der Waals surface area contributed by atoms with Gasteiger partial charge >= 0.3 is 0 Å². The van der Waals surface area contributed by atoms with E-state index in [1.165, 1.54) is 32.5 Å². The molecule has 0 aromatic carbocycles. The van der Waals surface area contributed by atoms with Crippen molar-refractivity contribution in [3.63, 3.8) is 0 Å². The summed E-state index contributed by atoms with van der Waals surface area (Å²) in [4.78, 5) is 4.85. The molecule has 0 spiro atoms. The minimum Gasteiger partial charge on any atom is -0.314 e. The van der Waals surface area contributed by atoms with E-state index in [1.807, 2.05) is 0 Å². The molecule has 0 rings (SSSR count). The van der Waals surface area contributed by atoms with E-state index in [1.54, 1.807) is 0 Å². The molecule has 0 fully saturated rings. The van der Waals surface area contributed by atoms with Crippen LogP contribution in [0.15, 0.2) is 0 Å². The highest BCUT2D eigenvalue weighted by Gasteiger charge is 2.08. The molecular weight excluding hydrogens is 210 g/mol. The van der Waals surface area contributed by atoms with Crippen LogP contribution >= 0.6 is 0 Å². The maximum atomic E-state index is 3.48. The van der Waals surface area contributed by atoms with Crippen LogP contribution in [0.1, 0.15) is 40.5 Å². The number of rotatable bonds is 10. The topological polar surface area (TPSA) is 18.5 Å². The van der Waals surface area contributed by atoms with Crippen molar-refractivity contribution >= 4 is 0 Å². The molecule has 0 saturated carbocycles. The second-order valence-corrected chi connectivity index (χ2v) is 5.75. The summed E-state index contributed by atoms with van der Waals surface area (Å²) in [7, 11) is 4.29. The fourth-order valence-corrected chi connectivity index (χ4v) is 1.89. The van der Waals surface area contributed by atoms with Gasteiger partial charge in [-0.1, -0.05) is 13.8 Å². The van der Waals surface area contributed by atoms with Gasteiger partial charge in [-0.3, -0.25) is 0 Å². The zero-order chi connectivity index (χ0) is 13.3. The van der Waals surface area contributed by atoms with Crippen LogP contribution in [0.3, 0.4) is 0 Å². The van der Waals surface area contributed by atoms with Crippen LogP contribution in [0.2, 0.25) is 0 Å². The lowest BCUT2D eigenvalue weighted by Crippen LogP contribution is -2.36. The van der Waals surface area contributed by atoms with Crippen LogP contribution in [0.5, 0.6) is 0 Å². The van der Waals surface area contributed by atoms with Crippen LogP contribution in [0.4, 0.5) is 0 Å². The van der Waals surface area contributed by atoms with E-state index >= 15 is 0 Å². The first kappa shape index (κ1) is 16.9. The Morgan fingerprint density at radius 3 is 1.94 bits per heavy atom. The fraction of sp³-hybridized carbons (Fsp3) is 1.00. The molecule has 0 aromatic heterocycles. The molecule has 0 atom stereocenters. The molecule has 17 heavy (non-hydrogen) atoms. The van der Waals surface area contributed by atoms with E-state index < -0.39 is 0 Å². The number of nitrogens with zero attached hydrogens (tertiary/aromatic N) is 2. The van der Waals surface area contributed by atoms with Gasteiger partial charge in [0.2, 0.25) is 0 Å². The summed E-state index contributed by atoms with van der Waals surface area (Å²) in [6, 6.07) is 1.27. The van der Waals surface area contributed by atoms with E-state index in [9.17, 15) is 0 Å². The molecule has 3 nitrogen and oxygen atoms in total. The van der Waals surface area contributed by atoms with Crippen molar-refractivity contribution in [1.82, 2.24) is 15.1 Å². The van der Waals surface area contributed by atoms with Crippen LogP contribution in [-0.2, 0) is 0 Å². The third-order valence-electron chi connectivity index (χ3n) is 2.96. The third-order valence-corrected chi connectivity index (χ3v) is 2.96. The second kappa shape index (κ2) is 9.86. The maximum absolute atomic E-state index is 3.48. The van der Waals surface area contributed by atoms with Gasteiger partial charge in [-0.25, -0.2) is 0 Å². The standard InChI is InChI=1S/C14H33N3/c1-13(2)15-9-7-11-17(14(3)4)12-8-10-16(5)6/h13-15H,7-12H2,1-6H3. The molecule has 0 heterocycles. The first-order chi connectivity index (χ1) is 7.93. The molecule has 104 valence electrons. The van der Waals surface area contributed by atoms with Crippen molar-refractivity contribution in [2.45, 2.75) is 52.6 Å². The van der Waals surface area contributed by atoms with Gasteiger partial charge in [0.15, 0.2) is 0 Å². The lowest BCUT2D eigenvalue weighted by Gasteiger charge is -2.27. The molecule has 0 aromatic rings. The van der Waals surface area contributed by atoms with E-state index in [2.05, 4.69) is 56.9 Å². The van der Waals surface area contributed by atoms with E-state index in [4.69, 9.17) is 0 Å². The van der Waals surface area contributed by atoms with Gasteiger partial charge < -0.3 is 15.1 Å². The number of hydrogen-bond donors (Lipinski definition) is 1. The van der Waals surface area contributed by atoms with E-state index in [0.717, 1.165) is 6.54 Å². The van der Waals surface area contributed by atoms with Crippen molar-refractivity contribution in [2.75, 3.05) is 40.3 Å². The first-order valence-corrected chi connectivity index (χ1v) is 7.05. The van der Waals surface area contributed by atoms with Gasteiger partial charge in [-0.15, -0.1) is 0 Å². The molecule has 0 aliphatic carbocycles. The van der Waals surface area contributed by atoms with Crippen molar-refractivity contribution in [2.24, 2.45) is 0 Å². The number of hydrogen-bond acceptors (Lipinski definition) is 3. The summed E-state index contributed by atoms with van der Waals surface area (Å²) in [6.45, 7) is 13.8. The Bertz CT molecular complexity index is 167. The highest BCUT2D eigenvalue weighted by atomic mass is 15.1. The summed E-state index contributed by atoms with van der Waals surface area (Å²) in [5.41, 5.74) is 0. The molecule has 0 unspecified atom stereocenters. The molecule has 0 amide bonds. The van der Waals surface area contributed by atoms with Crippen LogP contribution in [-0.4, -0.2) is 62.2 Å². The Morgan fingerprint density at radius 2 is 1.47 bits per heavy atom. The first-order valence-electron chi connectivity index (χ1n) is 7.05. The highest BCUT2D eigenvalue weighted by molar-refractivity contribution is 4.65. The molecule has 1 N–H and O–H groups in total. The SMILES string of the molecule is CC(C)NCCCN(CCCN(C)C)C(C)C. The zero-order valence-electron chi connectivity index (χ0n) is 12.8. The van der Waals surface area contributed by atoms with Crippen molar-refractivity contribution in [3.8, 4) is 0 Å². The average molecular weight is 243 g/mol. The molecule has 3 heteroatoms. The Morgan fingerprint density at radius 1 is 0.882 bits per heavy atom. The Balaban J connectivity index is 3.67. The monoisotopic (exact) mass is 243 g/mol. The molecule has 0 saturated heterocycles. The predicted octanol–water partition coefficient (Wildman–Crippen LogP) is 2.04. The average Bonchev–Trinajstić information content (AvgIpc) is 2.20. The van der Waals surface area contributed by atoms with Crippen molar-refractivity contribution in [3.05, 3.63) is 0 Å². The fourth-order valence-electron chi connectivity index (χ4n) is 1.89. The van der Waals surface area contributed by atoms with Crippen LogP contribution < -0.4 is 5.32 Å². The summed E-state index contributed by atoms with van der Waals surface area (Å²) >= 11 is 0. The minimum atomic E-state index is 0.608. The second-order valence-electron chi connectivity index (χ2n) is 5.75. The Labute approximate surface area is 109 Å². The molecule has 0 aliphatic rings. The van der Waals surface area contributed by atoms with Crippen molar-refractivity contribution in [1.29, 1.82) is 0 Å². The normalized spacial score (nSPS) is 12.4. The van der Waals surface area contributed by atoms with Gasteiger partial charge in [0, 0.05) is 12.1 Å². The molecule has 0 radical (unpaired) electrons. The van der Waals surface area contributed by atoms with Gasteiger partial charge in [0.1, 0.15) is 0 Å². The number of nitrogens with one attached hydrogen (secondary N) is 1. The summed E-state index contributed by atoms with van der Waals surface area (Å²) in [6.07, 6.45) is 2.51. The lowest BCUT2D eigenvalue weighted by atomic mass is 10.2. The summed E-state index contributed by atoms with van der Waals surface area (Å²) < 4.78 is 0. The largest absolute Gasteiger partial charge is 0.314 e. The van der Waals surface area contributed by atoms with Gasteiger partial charge in [0.25, 0.3) is 0 Å². The van der Waals surface area contributed by atoms with Gasteiger partial charge in [0.05, 0.1) is 0 Å². The third kappa shape index (κ3) is 10.7. The van der Waals surface area contributed by atoms with Crippen LogP contribution in [0.25, 0.3) is 0 Å². The van der Waals surface area contributed by atoms with Crippen LogP contribution in [0, 0.1) is 0 Å². The van der Waals surface area contributed by atoms with Gasteiger partial charge in [-0.05, 0) is 67.0 Å². The Kier molecular flexibility index (Phi) is 9.79. The molecular formula is C14H33N3. The minimum absolute atomic E-state index is 0.608. The smallest absolute Gasteiger partial charge is 0.00386 e. The quantitative estimate of drug-likeness (QED) is 0.592. The zero-order valence-corrected chi connectivity index (χ0v) is 12.8. The highest BCUT2D eigenvalue weighted by Crippen LogP contribution is 2.01. The van der Waals surface area contributed by atoms with Crippen molar-refractivity contribution < 1.29 is 0 Å². The molecule has 0 bridgehead atoms.